The van der Waals surface area contributed by atoms with Gasteiger partial charge in [0.05, 0.1) is 0 Å². The molecule has 1 atom stereocenters. The Morgan fingerprint density at radius 1 is 1.00 bits per heavy atom. The molecule has 0 saturated carbocycles. The highest BCUT2D eigenvalue weighted by atomic mass is 19.3. The van der Waals surface area contributed by atoms with E-state index in [4.69, 9.17) is 0 Å². The lowest BCUT2D eigenvalue weighted by molar-refractivity contribution is -0.126. The van der Waals surface area contributed by atoms with Crippen molar-refractivity contribution >= 4 is 17.9 Å². The zero-order valence-electron chi connectivity index (χ0n) is 16.4. The highest BCUT2D eigenvalue weighted by Gasteiger charge is 2.15. The SMILES string of the molecule is CC(NC(=O)/C=C/c1ccc(OC(F)F)cc1OC(F)F)C(=O)NCc1ccccc1. The van der Waals surface area contributed by atoms with E-state index in [1.54, 1.807) is 0 Å². The summed E-state index contributed by atoms with van der Waals surface area (Å²) in [4.78, 5) is 24.2. The third-order valence-corrected chi connectivity index (χ3v) is 3.90. The quantitative estimate of drug-likeness (QED) is 0.436. The first-order valence-corrected chi connectivity index (χ1v) is 9.08. The summed E-state index contributed by atoms with van der Waals surface area (Å²) in [6, 6.07) is 11.5. The van der Waals surface area contributed by atoms with Crippen molar-refractivity contribution in [2.75, 3.05) is 0 Å². The van der Waals surface area contributed by atoms with E-state index in [0.717, 1.165) is 29.8 Å². The summed E-state index contributed by atoms with van der Waals surface area (Å²) in [5.41, 5.74) is 0.915. The molecule has 166 valence electrons. The Balaban J connectivity index is 1.97. The molecular formula is C21H20F4N2O4. The Morgan fingerprint density at radius 2 is 1.68 bits per heavy atom. The predicted octanol–water partition coefficient (Wildman–Crippen LogP) is 3.72. The summed E-state index contributed by atoms with van der Waals surface area (Å²) >= 11 is 0. The molecule has 0 spiro atoms. The average molecular weight is 440 g/mol. The fourth-order valence-corrected chi connectivity index (χ4v) is 2.46. The minimum atomic E-state index is -3.21. The normalized spacial score (nSPS) is 12.1. The summed E-state index contributed by atoms with van der Waals surface area (Å²) < 4.78 is 58.2. The van der Waals surface area contributed by atoms with Crippen LogP contribution in [-0.2, 0) is 16.1 Å². The van der Waals surface area contributed by atoms with Gasteiger partial charge in [-0.15, -0.1) is 0 Å². The maximum absolute atomic E-state index is 12.6. The zero-order chi connectivity index (χ0) is 22.8. The van der Waals surface area contributed by atoms with E-state index in [9.17, 15) is 27.2 Å². The van der Waals surface area contributed by atoms with E-state index in [1.807, 2.05) is 30.3 Å². The molecule has 0 aliphatic heterocycles. The lowest BCUT2D eigenvalue weighted by atomic mass is 10.1. The number of rotatable bonds is 10. The second kappa shape index (κ2) is 11.6. The Hall–Kier alpha value is -3.56. The molecule has 0 aliphatic carbocycles. The van der Waals surface area contributed by atoms with Gasteiger partial charge in [0, 0.05) is 24.3 Å². The Labute approximate surface area is 175 Å². The first-order valence-electron chi connectivity index (χ1n) is 9.08. The smallest absolute Gasteiger partial charge is 0.387 e. The van der Waals surface area contributed by atoms with Crippen molar-refractivity contribution in [3.8, 4) is 11.5 Å². The number of benzene rings is 2. The Kier molecular flexibility index (Phi) is 8.86. The number of nitrogens with one attached hydrogen (secondary N) is 2. The van der Waals surface area contributed by atoms with Gasteiger partial charge < -0.3 is 20.1 Å². The molecule has 0 aromatic heterocycles. The van der Waals surface area contributed by atoms with Gasteiger partial charge in [0.15, 0.2) is 0 Å². The number of carbonyl (C=O) groups is 2. The van der Waals surface area contributed by atoms with Crippen LogP contribution >= 0.6 is 0 Å². The molecule has 0 radical (unpaired) electrons. The van der Waals surface area contributed by atoms with Gasteiger partial charge in [0.2, 0.25) is 11.8 Å². The molecule has 2 amide bonds. The summed E-state index contributed by atoms with van der Waals surface area (Å²) in [7, 11) is 0. The molecule has 2 aromatic carbocycles. The largest absolute Gasteiger partial charge is 0.435 e. The minimum Gasteiger partial charge on any atom is -0.435 e. The van der Waals surface area contributed by atoms with E-state index in [-0.39, 0.29) is 17.9 Å². The van der Waals surface area contributed by atoms with Gasteiger partial charge in [-0.1, -0.05) is 30.3 Å². The molecule has 0 saturated heterocycles. The van der Waals surface area contributed by atoms with Gasteiger partial charge >= 0.3 is 13.2 Å². The summed E-state index contributed by atoms with van der Waals surface area (Å²) in [5.74, 6) is -1.92. The van der Waals surface area contributed by atoms with Gasteiger partial charge in [0.25, 0.3) is 0 Å². The molecule has 0 heterocycles. The van der Waals surface area contributed by atoms with E-state index >= 15 is 0 Å². The lowest BCUT2D eigenvalue weighted by Crippen LogP contribution is -2.44. The van der Waals surface area contributed by atoms with Crippen LogP contribution < -0.4 is 20.1 Å². The van der Waals surface area contributed by atoms with E-state index in [1.165, 1.54) is 13.0 Å². The highest BCUT2D eigenvalue weighted by molar-refractivity contribution is 5.95. The van der Waals surface area contributed by atoms with Crippen LogP contribution in [-0.4, -0.2) is 31.1 Å². The maximum atomic E-state index is 12.6. The zero-order valence-corrected chi connectivity index (χ0v) is 16.4. The number of carbonyl (C=O) groups excluding carboxylic acids is 2. The molecule has 2 aromatic rings. The monoisotopic (exact) mass is 440 g/mol. The molecule has 0 fully saturated rings. The van der Waals surface area contributed by atoms with E-state index in [2.05, 4.69) is 20.1 Å². The predicted molar refractivity (Wildman–Crippen MR) is 105 cm³/mol. The van der Waals surface area contributed by atoms with Crippen LogP contribution in [0.3, 0.4) is 0 Å². The molecular weight excluding hydrogens is 420 g/mol. The number of alkyl halides is 4. The molecule has 31 heavy (non-hydrogen) atoms. The van der Waals surface area contributed by atoms with Crippen LogP contribution in [0.4, 0.5) is 17.6 Å². The van der Waals surface area contributed by atoms with Crippen LogP contribution in [0.1, 0.15) is 18.1 Å². The van der Waals surface area contributed by atoms with Gasteiger partial charge in [0.1, 0.15) is 17.5 Å². The third kappa shape index (κ3) is 8.37. The number of hydrogen-bond donors (Lipinski definition) is 2. The Bertz CT molecular complexity index is 908. The fourth-order valence-electron chi connectivity index (χ4n) is 2.46. The van der Waals surface area contributed by atoms with Crippen LogP contribution in [0.25, 0.3) is 6.08 Å². The second-order valence-electron chi connectivity index (χ2n) is 6.22. The molecule has 0 bridgehead atoms. The van der Waals surface area contributed by atoms with Crippen molar-refractivity contribution in [2.24, 2.45) is 0 Å². The van der Waals surface area contributed by atoms with Crippen molar-refractivity contribution in [2.45, 2.75) is 32.7 Å². The van der Waals surface area contributed by atoms with Crippen molar-refractivity contribution < 1.29 is 36.6 Å². The maximum Gasteiger partial charge on any atom is 0.387 e. The summed E-state index contributed by atoms with van der Waals surface area (Å²) in [6.45, 7) is -4.58. The van der Waals surface area contributed by atoms with Gasteiger partial charge in [-0.2, -0.15) is 17.6 Å². The van der Waals surface area contributed by atoms with Crippen molar-refractivity contribution in [1.29, 1.82) is 0 Å². The van der Waals surface area contributed by atoms with Gasteiger partial charge in [-0.3, -0.25) is 9.59 Å². The number of amides is 2. The van der Waals surface area contributed by atoms with Crippen molar-refractivity contribution in [1.82, 2.24) is 10.6 Å². The molecule has 6 nitrogen and oxygen atoms in total. The van der Waals surface area contributed by atoms with Crippen molar-refractivity contribution in [3.05, 3.63) is 65.7 Å². The average Bonchev–Trinajstić information content (AvgIpc) is 2.71. The minimum absolute atomic E-state index is 0.0262. The third-order valence-electron chi connectivity index (χ3n) is 3.90. The first kappa shape index (κ1) is 23.7. The fraction of sp³-hybridized carbons (Fsp3) is 0.238. The number of ether oxygens (including phenoxy) is 2. The van der Waals surface area contributed by atoms with Crippen LogP contribution in [0.15, 0.2) is 54.6 Å². The Morgan fingerprint density at radius 3 is 2.32 bits per heavy atom. The van der Waals surface area contributed by atoms with Gasteiger partial charge in [-0.25, -0.2) is 0 Å². The van der Waals surface area contributed by atoms with Crippen LogP contribution in [0.5, 0.6) is 11.5 Å². The molecule has 1 unspecified atom stereocenters. The topological polar surface area (TPSA) is 76.7 Å². The van der Waals surface area contributed by atoms with Gasteiger partial charge in [-0.05, 0) is 30.7 Å². The summed E-state index contributed by atoms with van der Waals surface area (Å²) in [5, 5.41) is 5.11. The molecule has 2 rings (SSSR count). The molecule has 0 aliphatic rings. The molecule has 2 N–H and O–H groups in total. The van der Waals surface area contributed by atoms with E-state index in [0.29, 0.717) is 0 Å². The first-order chi connectivity index (χ1) is 14.7. The lowest BCUT2D eigenvalue weighted by Gasteiger charge is -2.13. The second-order valence-corrected chi connectivity index (χ2v) is 6.22. The van der Waals surface area contributed by atoms with E-state index < -0.39 is 36.8 Å². The highest BCUT2D eigenvalue weighted by Crippen LogP contribution is 2.28. The number of hydrogen-bond acceptors (Lipinski definition) is 4. The van der Waals surface area contributed by atoms with Crippen LogP contribution in [0, 0.1) is 0 Å². The van der Waals surface area contributed by atoms with Crippen molar-refractivity contribution in [3.63, 3.8) is 0 Å². The van der Waals surface area contributed by atoms with Crippen LogP contribution in [0.2, 0.25) is 0 Å². The standard InChI is InChI=1S/C21H20F4N2O4/c1-13(19(29)26-12-14-5-3-2-4-6-14)27-18(28)10-8-15-7-9-16(30-20(22)23)11-17(15)31-21(24)25/h2-11,13,20-21H,12H2,1H3,(H,26,29)(H,27,28)/b10-8+. The molecule has 10 heteroatoms. The number of halogens is 4. The summed E-state index contributed by atoms with van der Waals surface area (Å²) in [6.07, 6.45) is 2.15.